The molecule has 8 nitrogen and oxygen atoms in total. The minimum Gasteiger partial charge on any atom is -0.448 e. The summed E-state index contributed by atoms with van der Waals surface area (Å²) in [4.78, 5) is 36.0. The van der Waals surface area contributed by atoms with Crippen LogP contribution in [0.25, 0.3) is 0 Å². The standard InChI is InChI=1S/C10H9Cl3N4O4/c1-3(18)16-17-4(19)2-21-10(20)8-5(11)7(14)6(12)9(13)15-8/h2H2,1H3,(H2,14,15)(H,16,18)(H,17,19)/p+1. The molecular formula is C10H10Cl3N4O4+. The summed E-state index contributed by atoms with van der Waals surface area (Å²) in [5.41, 5.74) is 9.23. The molecule has 1 aromatic heterocycles. The van der Waals surface area contributed by atoms with Crippen LogP contribution >= 0.6 is 34.8 Å². The van der Waals surface area contributed by atoms with Crippen LogP contribution in [0.4, 0.5) is 5.69 Å². The van der Waals surface area contributed by atoms with Crippen molar-refractivity contribution in [3.63, 3.8) is 0 Å². The molecule has 5 N–H and O–H groups in total. The Morgan fingerprint density at radius 3 is 2.38 bits per heavy atom. The topological polar surface area (TPSA) is 125 Å². The van der Waals surface area contributed by atoms with Crippen LogP contribution in [0.1, 0.15) is 17.4 Å². The first kappa shape index (κ1) is 17.3. The maximum absolute atomic E-state index is 11.8. The average molecular weight is 357 g/mol. The molecule has 2 amide bonds. The number of ether oxygens (including phenoxy) is 1. The lowest BCUT2D eigenvalue weighted by Gasteiger charge is -2.06. The summed E-state index contributed by atoms with van der Waals surface area (Å²) < 4.78 is 4.68. The van der Waals surface area contributed by atoms with Gasteiger partial charge >= 0.3 is 11.7 Å². The van der Waals surface area contributed by atoms with Gasteiger partial charge in [-0.15, -0.1) is 0 Å². The summed E-state index contributed by atoms with van der Waals surface area (Å²) in [6.45, 7) is 0.545. The number of esters is 1. The maximum atomic E-state index is 11.8. The third kappa shape index (κ3) is 4.62. The molecule has 0 bridgehead atoms. The monoisotopic (exact) mass is 355 g/mol. The predicted octanol–water partition coefficient (Wildman–Crippen LogP) is 0.367. The van der Waals surface area contributed by atoms with E-state index in [4.69, 9.17) is 40.5 Å². The zero-order valence-corrected chi connectivity index (χ0v) is 12.8. The van der Waals surface area contributed by atoms with Crippen molar-refractivity contribution >= 4 is 58.3 Å². The number of anilines is 1. The number of aromatic amines is 1. The number of halogens is 3. The molecular weight excluding hydrogens is 346 g/mol. The minimum absolute atomic E-state index is 0.0402. The molecule has 0 saturated carbocycles. The van der Waals surface area contributed by atoms with Crippen LogP contribution in [0.2, 0.25) is 15.2 Å². The van der Waals surface area contributed by atoms with E-state index < -0.39 is 24.4 Å². The van der Waals surface area contributed by atoms with E-state index in [0.717, 1.165) is 0 Å². The summed E-state index contributed by atoms with van der Waals surface area (Å²) >= 11 is 17.3. The first-order valence-corrected chi connectivity index (χ1v) is 6.45. The summed E-state index contributed by atoms with van der Waals surface area (Å²) in [5, 5.41) is -0.327. The van der Waals surface area contributed by atoms with Crippen molar-refractivity contribution in [2.75, 3.05) is 12.3 Å². The Hall–Kier alpha value is -1.77. The highest BCUT2D eigenvalue weighted by molar-refractivity contribution is 6.45. The zero-order valence-electron chi connectivity index (χ0n) is 10.6. The second-order valence-corrected chi connectivity index (χ2v) is 4.80. The second-order valence-electron chi connectivity index (χ2n) is 3.66. The Kier molecular flexibility index (Phi) is 6.01. The molecule has 0 atom stereocenters. The third-order valence-electron chi connectivity index (χ3n) is 2.04. The lowest BCUT2D eigenvalue weighted by molar-refractivity contribution is -0.380. The quantitative estimate of drug-likeness (QED) is 0.410. The van der Waals surface area contributed by atoms with Crippen LogP contribution in [0.5, 0.6) is 0 Å². The van der Waals surface area contributed by atoms with Crippen molar-refractivity contribution in [3.8, 4) is 0 Å². The summed E-state index contributed by atoms with van der Waals surface area (Å²) in [6, 6.07) is 0. The van der Waals surface area contributed by atoms with Gasteiger partial charge in [0.05, 0.1) is 5.69 Å². The molecule has 1 rings (SSSR count). The molecule has 0 aliphatic rings. The number of carbonyl (C=O) groups excluding carboxylic acids is 3. The van der Waals surface area contributed by atoms with Gasteiger partial charge < -0.3 is 10.5 Å². The van der Waals surface area contributed by atoms with Crippen molar-refractivity contribution in [3.05, 3.63) is 20.9 Å². The van der Waals surface area contributed by atoms with E-state index in [2.05, 4.69) is 9.72 Å². The Bertz CT molecular complexity index is 608. The van der Waals surface area contributed by atoms with E-state index in [0.29, 0.717) is 0 Å². The lowest BCUT2D eigenvalue weighted by atomic mass is 10.3. The number of nitrogen functional groups attached to an aromatic ring is 1. The molecule has 0 aliphatic heterocycles. The van der Waals surface area contributed by atoms with E-state index in [1.807, 2.05) is 10.9 Å². The highest BCUT2D eigenvalue weighted by atomic mass is 35.5. The van der Waals surface area contributed by atoms with Crippen LogP contribution < -0.4 is 21.6 Å². The summed E-state index contributed by atoms with van der Waals surface area (Å²) in [5.74, 6) is -2.20. The minimum atomic E-state index is -0.969. The van der Waals surface area contributed by atoms with Crippen molar-refractivity contribution < 1.29 is 24.1 Å². The van der Waals surface area contributed by atoms with Gasteiger partial charge in [-0.05, 0) is 11.6 Å². The predicted molar refractivity (Wildman–Crippen MR) is 74.7 cm³/mol. The lowest BCUT2D eigenvalue weighted by Crippen LogP contribution is -2.42. The molecule has 1 heterocycles. The molecule has 0 radical (unpaired) electrons. The number of carbonyl (C=O) groups is 3. The van der Waals surface area contributed by atoms with Gasteiger partial charge in [0, 0.05) is 6.92 Å². The Balaban J connectivity index is 2.73. The highest BCUT2D eigenvalue weighted by Gasteiger charge is 2.27. The van der Waals surface area contributed by atoms with E-state index >= 15 is 0 Å². The highest BCUT2D eigenvalue weighted by Crippen LogP contribution is 2.32. The van der Waals surface area contributed by atoms with Crippen LogP contribution in [-0.2, 0) is 14.3 Å². The zero-order chi connectivity index (χ0) is 16.2. The van der Waals surface area contributed by atoms with Gasteiger partial charge in [0.25, 0.3) is 11.1 Å². The van der Waals surface area contributed by atoms with Crippen molar-refractivity contribution in [1.29, 1.82) is 0 Å². The van der Waals surface area contributed by atoms with Crippen LogP contribution in [0.3, 0.4) is 0 Å². The number of nitrogens with two attached hydrogens (primary N) is 1. The molecule has 0 unspecified atom stereocenters. The van der Waals surface area contributed by atoms with Crippen molar-refractivity contribution in [2.45, 2.75) is 6.92 Å². The number of hydrogen-bond acceptors (Lipinski definition) is 5. The molecule has 11 heteroatoms. The number of rotatable bonds is 3. The smallest absolute Gasteiger partial charge is 0.405 e. The Labute approximate surface area is 133 Å². The Morgan fingerprint density at radius 2 is 1.81 bits per heavy atom. The third-order valence-corrected chi connectivity index (χ3v) is 3.20. The fraction of sp³-hybridized carbons (Fsp3) is 0.200. The molecule has 0 saturated heterocycles. The van der Waals surface area contributed by atoms with E-state index in [1.54, 1.807) is 0 Å². The van der Waals surface area contributed by atoms with Crippen molar-refractivity contribution in [1.82, 2.24) is 10.9 Å². The molecule has 21 heavy (non-hydrogen) atoms. The number of pyridine rings is 1. The molecule has 1 aromatic rings. The van der Waals surface area contributed by atoms with Gasteiger partial charge in [-0.1, -0.05) is 23.2 Å². The molecule has 0 fully saturated rings. The first-order chi connectivity index (χ1) is 9.73. The van der Waals surface area contributed by atoms with Crippen LogP contribution in [-0.4, -0.2) is 24.4 Å². The molecule has 114 valence electrons. The van der Waals surface area contributed by atoms with E-state index in [-0.39, 0.29) is 26.6 Å². The van der Waals surface area contributed by atoms with Gasteiger partial charge in [-0.3, -0.25) is 20.4 Å². The Morgan fingerprint density at radius 1 is 1.19 bits per heavy atom. The average Bonchev–Trinajstić information content (AvgIpc) is 2.44. The van der Waals surface area contributed by atoms with Gasteiger partial charge in [-0.25, -0.2) is 4.79 Å². The first-order valence-electron chi connectivity index (χ1n) is 5.31. The number of hydrogen-bond donors (Lipinski definition) is 3. The summed E-state index contributed by atoms with van der Waals surface area (Å²) in [6.07, 6.45) is 0. The van der Waals surface area contributed by atoms with Crippen LogP contribution in [0, 0.1) is 0 Å². The largest absolute Gasteiger partial charge is 0.448 e. The summed E-state index contributed by atoms with van der Waals surface area (Å²) in [7, 11) is 0. The van der Waals surface area contributed by atoms with Gasteiger partial charge in [0.1, 0.15) is 10.0 Å². The normalized spacial score (nSPS) is 9.90. The number of hydrazine groups is 1. The fourth-order valence-electron chi connectivity index (χ4n) is 1.11. The fourth-order valence-corrected chi connectivity index (χ4v) is 1.71. The number of aromatic nitrogens is 1. The molecule has 0 spiro atoms. The van der Waals surface area contributed by atoms with E-state index in [1.165, 1.54) is 6.92 Å². The van der Waals surface area contributed by atoms with Crippen LogP contribution in [0.15, 0.2) is 0 Å². The number of H-pyrrole nitrogens is 1. The van der Waals surface area contributed by atoms with E-state index in [9.17, 15) is 14.4 Å². The SMILES string of the molecule is CC(=O)NNC(=O)COC(=O)c1[nH+]c(Cl)c(Cl)c(N)c1Cl. The number of amides is 2. The van der Waals surface area contributed by atoms with Gasteiger partial charge in [0.2, 0.25) is 5.91 Å². The van der Waals surface area contributed by atoms with Gasteiger partial charge in [0.15, 0.2) is 6.61 Å². The molecule has 0 aliphatic carbocycles. The van der Waals surface area contributed by atoms with Crippen molar-refractivity contribution in [2.24, 2.45) is 0 Å². The number of nitrogens with one attached hydrogen (secondary N) is 3. The maximum Gasteiger partial charge on any atom is 0.405 e. The van der Waals surface area contributed by atoms with Gasteiger partial charge in [-0.2, -0.15) is 4.98 Å². The molecule has 0 aromatic carbocycles. The second kappa shape index (κ2) is 7.30.